The number of aromatic nitrogens is 2. The van der Waals surface area contributed by atoms with Crippen LogP contribution in [0.2, 0.25) is 0 Å². The molecule has 1 N–H and O–H groups in total. The number of nitrogens with one attached hydrogen (secondary N) is 1. The van der Waals surface area contributed by atoms with Crippen LogP contribution in [0.4, 0.5) is 0 Å². The lowest BCUT2D eigenvalue weighted by Crippen LogP contribution is -2.49. The third kappa shape index (κ3) is 5.18. The summed E-state index contributed by atoms with van der Waals surface area (Å²) in [5.41, 5.74) is 0. The van der Waals surface area contributed by atoms with Crippen molar-refractivity contribution in [3.8, 4) is 11.5 Å². The number of piperidine rings is 1. The van der Waals surface area contributed by atoms with Gasteiger partial charge in [-0.05, 0) is 43.0 Å². The topological polar surface area (TPSA) is 63.9 Å². The fourth-order valence-corrected chi connectivity index (χ4v) is 3.56. The summed E-state index contributed by atoms with van der Waals surface area (Å²) in [6.45, 7) is 5.76. The molecule has 0 aliphatic carbocycles. The Morgan fingerprint density at radius 1 is 1.29 bits per heavy atom. The van der Waals surface area contributed by atoms with E-state index in [2.05, 4.69) is 37.9 Å². The van der Waals surface area contributed by atoms with Crippen molar-refractivity contribution in [2.24, 2.45) is 10.9 Å². The number of hydrogen-bond donors (Lipinski definition) is 1. The summed E-state index contributed by atoms with van der Waals surface area (Å²) in [5, 5.41) is 3.48. The van der Waals surface area contributed by atoms with Gasteiger partial charge in [0, 0.05) is 39.1 Å². The van der Waals surface area contributed by atoms with E-state index in [-0.39, 0.29) is 0 Å². The molecule has 1 fully saturated rings. The number of ether oxygens (including phenoxy) is 2. The summed E-state index contributed by atoms with van der Waals surface area (Å²) in [6, 6.07) is 8.09. The number of likely N-dealkylation sites (tertiary alicyclic amines) is 1. The second-order valence-corrected chi connectivity index (χ2v) is 7.14. The van der Waals surface area contributed by atoms with Crippen LogP contribution < -0.4 is 14.8 Å². The number of benzene rings is 1. The largest absolute Gasteiger partial charge is 0.497 e. The van der Waals surface area contributed by atoms with Gasteiger partial charge in [0.25, 0.3) is 0 Å². The van der Waals surface area contributed by atoms with Gasteiger partial charge in [-0.3, -0.25) is 4.99 Å². The number of nitrogens with zero attached hydrogens (tertiary/aromatic N) is 4. The fourth-order valence-electron chi connectivity index (χ4n) is 3.56. The lowest BCUT2D eigenvalue weighted by atomic mass is 9.93. The van der Waals surface area contributed by atoms with Crippen LogP contribution in [0.3, 0.4) is 0 Å². The van der Waals surface area contributed by atoms with Crippen molar-refractivity contribution < 1.29 is 9.47 Å². The van der Waals surface area contributed by atoms with Crippen molar-refractivity contribution in [1.29, 1.82) is 0 Å². The van der Waals surface area contributed by atoms with Gasteiger partial charge in [-0.15, -0.1) is 0 Å². The zero-order valence-corrected chi connectivity index (χ0v) is 17.0. The average molecular weight is 386 g/mol. The highest BCUT2D eigenvalue weighted by Gasteiger charge is 2.28. The Kier molecular flexibility index (Phi) is 7.17. The summed E-state index contributed by atoms with van der Waals surface area (Å²) in [4.78, 5) is 11.0. The molecule has 0 radical (unpaired) electrons. The molecule has 0 spiro atoms. The van der Waals surface area contributed by atoms with Gasteiger partial charge in [-0.25, -0.2) is 4.98 Å². The van der Waals surface area contributed by atoms with Crippen molar-refractivity contribution in [2.45, 2.75) is 25.8 Å². The van der Waals surface area contributed by atoms with Crippen molar-refractivity contribution in [3.05, 3.63) is 43.0 Å². The molecule has 1 aromatic carbocycles. The number of hydrogen-bond acceptors (Lipinski definition) is 4. The Morgan fingerprint density at radius 3 is 2.75 bits per heavy atom. The third-order valence-electron chi connectivity index (χ3n) is 5.27. The van der Waals surface area contributed by atoms with E-state index in [0.717, 1.165) is 49.9 Å². The molecule has 7 heteroatoms. The fraction of sp³-hybridized carbons (Fsp3) is 0.524. The molecule has 152 valence electrons. The highest BCUT2D eigenvalue weighted by molar-refractivity contribution is 5.80. The van der Waals surface area contributed by atoms with E-state index >= 15 is 0 Å². The van der Waals surface area contributed by atoms with E-state index in [1.165, 1.54) is 0 Å². The number of methoxy groups -OCH3 is 1. The van der Waals surface area contributed by atoms with E-state index in [0.29, 0.717) is 18.6 Å². The van der Waals surface area contributed by atoms with Crippen molar-refractivity contribution in [2.75, 3.05) is 40.4 Å². The molecule has 0 bridgehead atoms. The first kappa shape index (κ1) is 20.0. The van der Waals surface area contributed by atoms with Crippen LogP contribution in [0.1, 0.15) is 25.8 Å². The minimum Gasteiger partial charge on any atom is -0.497 e. The molecular formula is C21H31N5O2. The van der Waals surface area contributed by atoms with Crippen LogP contribution in [0.25, 0.3) is 0 Å². The molecule has 7 nitrogen and oxygen atoms in total. The number of aliphatic imine (C=N–C) groups is 1. The molecule has 1 aliphatic rings. The summed E-state index contributed by atoms with van der Waals surface area (Å²) in [7, 11) is 3.51. The van der Waals surface area contributed by atoms with Gasteiger partial charge < -0.3 is 24.3 Å². The van der Waals surface area contributed by atoms with Gasteiger partial charge >= 0.3 is 0 Å². The predicted molar refractivity (Wildman–Crippen MR) is 111 cm³/mol. The van der Waals surface area contributed by atoms with Crippen molar-refractivity contribution >= 4 is 5.96 Å². The molecule has 2 heterocycles. The maximum absolute atomic E-state index is 5.79. The van der Waals surface area contributed by atoms with Gasteiger partial charge in [0.1, 0.15) is 11.5 Å². The molecule has 1 aliphatic heterocycles. The van der Waals surface area contributed by atoms with Crippen LogP contribution in [0.15, 0.2) is 48.0 Å². The average Bonchev–Trinajstić information content (AvgIpc) is 3.26. The molecule has 28 heavy (non-hydrogen) atoms. The summed E-state index contributed by atoms with van der Waals surface area (Å²) >= 11 is 0. The molecule has 1 saturated heterocycles. The van der Waals surface area contributed by atoms with Crippen LogP contribution in [0.5, 0.6) is 11.5 Å². The van der Waals surface area contributed by atoms with Gasteiger partial charge in [0.05, 0.1) is 26.1 Å². The molecule has 2 atom stereocenters. The lowest BCUT2D eigenvalue weighted by molar-refractivity contribution is 0.188. The van der Waals surface area contributed by atoms with Gasteiger partial charge in [0.15, 0.2) is 5.96 Å². The maximum atomic E-state index is 5.79. The highest BCUT2D eigenvalue weighted by Crippen LogP contribution is 2.27. The summed E-state index contributed by atoms with van der Waals surface area (Å²) in [6.07, 6.45) is 7.86. The Hall–Kier alpha value is -2.70. The second kappa shape index (κ2) is 10.0. The van der Waals surface area contributed by atoms with Crippen molar-refractivity contribution in [3.63, 3.8) is 0 Å². The standard InChI is InChI=1S/C21H31N5O2/c1-17-9-12-25(15-20(17)26-13-11-23-16-26)21(22-2)24-10-4-14-28-19-7-5-18(27-3)6-8-19/h5-8,11,13,16-17,20H,4,9-10,12,14-15H2,1-3H3,(H,22,24). The Bertz CT molecular complexity index is 730. The van der Waals surface area contributed by atoms with Crippen LogP contribution in [-0.4, -0.2) is 60.8 Å². The summed E-state index contributed by atoms with van der Waals surface area (Å²) < 4.78 is 13.2. The van der Waals surface area contributed by atoms with E-state index in [1.54, 1.807) is 7.11 Å². The second-order valence-electron chi connectivity index (χ2n) is 7.14. The first-order valence-electron chi connectivity index (χ1n) is 9.91. The normalized spacial score (nSPS) is 20.1. The van der Waals surface area contributed by atoms with Gasteiger partial charge in [-0.1, -0.05) is 6.92 Å². The minimum atomic E-state index is 0.424. The monoisotopic (exact) mass is 385 g/mol. The maximum Gasteiger partial charge on any atom is 0.193 e. The number of imidazole rings is 1. The zero-order valence-electron chi connectivity index (χ0n) is 17.0. The van der Waals surface area contributed by atoms with Gasteiger partial charge in [0.2, 0.25) is 0 Å². The number of rotatable bonds is 7. The van der Waals surface area contributed by atoms with E-state index in [1.807, 2.05) is 43.8 Å². The van der Waals surface area contributed by atoms with Crippen LogP contribution >= 0.6 is 0 Å². The molecular weight excluding hydrogens is 354 g/mol. The van der Waals surface area contributed by atoms with Crippen LogP contribution in [0, 0.1) is 5.92 Å². The highest BCUT2D eigenvalue weighted by atomic mass is 16.5. The zero-order chi connectivity index (χ0) is 19.8. The Labute approximate surface area is 167 Å². The quantitative estimate of drug-likeness (QED) is 0.451. The molecule has 0 amide bonds. The molecule has 0 saturated carbocycles. The molecule has 2 unspecified atom stereocenters. The SMILES string of the molecule is CN=C(NCCCOc1ccc(OC)cc1)N1CCC(C)C(n2ccnc2)C1. The van der Waals surface area contributed by atoms with Gasteiger partial charge in [-0.2, -0.15) is 0 Å². The number of guanidine groups is 1. The predicted octanol–water partition coefficient (Wildman–Crippen LogP) is 2.82. The van der Waals surface area contributed by atoms with Crippen LogP contribution in [-0.2, 0) is 0 Å². The lowest BCUT2D eigenvalue weighted by Gasteiger charge is -2.39. The third-order valence-corrected chi connectivity index (χ3v) is 5.27. The Morgan fingerprint density at radius 2 is 2.07 bits per heavy atom. The van der Waals surface area contributed by atoms with Crippen molar-refractivity contribution in [1.82, 2.24) is 19.8 Å². The van der Waals surface area contributed by atoms with E-state index in [4.69, 9.17) is 9.47 Å². The molecule has 1 aromatic heterocycles. The van der Waals surface area contributed by atoms with E-state index in [9.17, 15) is 0 Å². The molecule has 2 aromatic rings. The smallest absolute Gasteiger partial charge is 0.193 e. The first-order chi connectivity index (χ1) is 13.7. The Balaban J connectivity index is 1.42. The molecule has 3 rings (SSSR count). The minimum absolute atomic E-state index is 0.424. The first-order valence-corrected chi connectivity index (χ1v) is 9.91. The summed E-state index contributed by atoms with van der Waals surface area (Å²) in [5.74, 6) is 3.28. The van der Waals surface area contributed by atoms with E-state index < -0.39 is 0 Å².